The van der Waals surface area contributed by atoms with Crippen molar-refractivity contribution in [3.05, 3.63) is 33.1 Å². The van der Waals surface area contributed by atoms with Crippen molar-refractivity contribution in [2.75, 3.05) is 6.61 Å². The van der Waals surface area contributed by atoms with Gasteiger partial charge in [-0.15, -0.1) is 6.42 Å². The maximum atomic E-state index is 14.7. The molecule has 1 aliphatic carbocycles. The average molecular weight is 286 g/mol. The topological polar surface area (TPSA) is 95.3 Å². The normalized spacial score (nSPS) is 36.8. The van der Waals surface area contributed by atoms with Crippen LogP contribution in [0.15, 0.2) is 21.9 Å². The van der Waals surface area contributed by atoms with Gasteiger partial charge in [-0.05, 0) is 0 Å². The lowest BCUT2D eigenvalue weighted by Crippen LogP contribution is -2.48. The molecule has 4 atom stereocenters. The molecule has 3 N–H and O–H groups in total. The smallest absolute Gasteiger partial charge is 0.328 e. The number of aromatic amines is 1. The quantitative estimate of drug-likeness (QED) is 0.600. The Morgan fingerprint density at radius 3 is 2.70 bits per heavy atom. The fourth-order valence-electron chi connectivity index (χ4n) is 2.44. The first-order chi connectivity index (χ1) is 9.28. The number of nitrogens with zero attached hydrogens (tertiary/aromatic N) is 1. The van der Waals surface area contributed by atoms with Gasteiger partial charge in [0.1, 0.15) is 6.10 Å². The largest absolute Gasteiger partial charge is 0.393 e. The van der Waals surface area contributed by atoms with Crippen LogP contribution >= 0.6 is 0 Å². The zero-order valence-corrected chi connectivity index (χ0v) is 10.2. The SMILES string of the molecule is C#C[C@@]1(F)[C@H](O)[C@@](F)(CO)C[C@H]1n1ccc(=O)[nH]c1=O. The number of aliphatic hydroxyl groups is 2. The van der Waals surface area contributed by atoms with Gasteiger partial charge < -0.3 is 10.2 Å². The molecule has 0 radical (unpaired) electrons. The second kappa shape index (κ2) is 4.54. The zero-order chi connectivity index (χ0) is 15.1. The number of aliphatic hydroxyl groups excluding tert-OH is 2. The molecule has 0 amide bonds. The molecular formula is C12H12F2N2O4. The number of nitrogens with one attached hydrogen (secondary N) is 1. The fraction of sp³-hybridized carbons (Fsp3) is 0.500. The third-order valence-electron chi connectivity index (χ3n) is 3.58. The van der Waals surface area contributed by atoms with E-state index in [0.29, 0.717) is 4.57 Å². The van der Waals surface area contributed by atoms with Gasteiger partial charge in [0, 0.05) is 18.7 Å². The zero-order valence-electron chi connectivity index (χ0n) is 10.2. The van der Waals surface area contributed by atoms with Crippen molar-refractivity contribution in [1.82, 2.24) is 9.55 Å². The lowest BCUT2D eigenvalue weighted by Gasteiger charge is -2.26. The van der Waals surface area contributed by atoms with E-state index >= 15 is 0 Å². The fourth-order valence-corrected chi connectivity index (χ4v) is 2.44. The summed E-state index contributed by atoms with van der Waals surface area (Å²) in [5.41, 5.74) is -7.22. The van der Waals surface area contributed by atoms with Gasteiger partial charge in [0.05, 0.1) is 12.6 Å². The predicted octanol–water partition coefficient (Wildman–Crippen LogP) is -1.12. The maximum Gasteiger partial charge on any atom is 0.328 e. The summed E-state index contributed by atoms with van der Waals surface area (Å²) < 4.78 is 29.6. The predicted molar refractivity (Wildman–Crippen MR) is 64.6 cm³/mol. The van der Waals surface area contributed by atoms with Crippen LogP contribution in [-0.2, 0) is 0 Å². The van der Waals surface area contributed by atoms with Gasteiger partial charge in [-0.25, -0.2) is 13.6 Å². The first kappa shape index (κ1) is 14.4. The van der Waals surface area contributed by atoms with Crippen LogP contribution in [0.1, 0.15) is 12.5 Å². The van der Waals surface area contributed by atoms with Crippen LogP contribution in [0.25, 0.3) is 0 Å². The molecule has 0 bridgehead atoms. The molecule has 2 rings (SSSR count). The summed E-state index contributed by atoms with van der Waals surface area (Å²) in [6.45, 7) is -1.14. The second-order valence-electron chi connectivity index (χ2n) is 4.74. The van der Waals surface area contributed by atoms with E-state index in [9.17, 15) is 23.5 Å². The van der Waals surface area contributed by atoms with Crippen LogP contribution in [0.4, 0.5) is 8.78 Å². The van der Waals surface area contributed by atoms with Crippen molar-refractivity contribution >= 4 is 0 Å². The molecular weight excluding hydrogens is 274 g/mol. The highest BCUT2D eigenvalue weighted by Gasteiger charge is 2.64. The molecule has 8 heteroatoms. The standard InChI is InChI=1S/C12H12F2N2O4/c1-2-12(14)7(5-11(13,6-17)9(12)19)16-4-3-8(18)15-10(16)20/h1,3-4,7,9,17,19H,5-6H2,(H,15,18,20)/t7-,9-,11+,12+/m1/s1. The Labute approximate surface area is 111 Å². The lowest BCUT2D eigenvalue weighted by molar-refractivity contribution is -0.0637. The highest BCUT2D eigenvalue weighted by Crippen LogP contribution is 2.49. The summed E-state index contributed by atoms with van der Waals surface area (Å²) >= 11 is 0. The van der Waals surface area contributed by atoms with Crippen LogP contribution in [0, 0.1) is 12.3 Å². The van der Waals surface area contributed by atoms with Crippen molar-refractivity contribution in [1.29, 1.82) is 0 Å². The summed E-state index contributed by atoms with van der Waals surface area (Å²) in [5.74, 6) is 1.65. The van der Waals surface area contributed by atoms with Gasteiger partial charge >= 0.3 is 5.69 Å². The Morgan fingerprint density at radius 1 is 1.55 bits per heavy atom. The van der Waals surface area contributed by atoms with Crippen molar-refractivity contribution in [3.8, 4) is 12.3 Å². The molecule has 1 aliphatic rings. The summed E-state index contributed by atoms with van der Waals surface area (Å²) in [6.07, 6.45) is 3.01. The molecule has 0 saturated heterocycles. The third-order valence-corrected chi connectivity index (χ3v) is 3.58. The Morgan fingerprint density at radius 2 is 2.20 bits per heavy atom. The van der Waals surface area contributed by atoms with Gasteiger partial charge in [-0.2, -0.15) is 0 Å². The van der Waals surface area contributed by atoms with Crippen molar-refractivity contribution in [3.63, 3.8) is 0 Å². The second-order valence-corrected chi connectivity index (χ2v) is 4.74. The highest BCUT2D eigenvalue weighted by atomic mass is 19.2. The van der Waals surface area contributed by atoms with Crippen LogP contribution in [-0.4, -0.2) is 43.8 Å². The van der Waals surface area contributed by atoms with Crippen molar-refractivity contribution < 1.29 is 19.0 Å². The molecule has 1 saturated carbocycles. The van der Waals surface area contributed by atoms with Gasteiger partial charge in [0.2, 0.25) is 5.67 Å². The van der Waals surface area contributed by atoms with Gasteiger partial charge in [-0.1, -0.05) is 5.92 Å². The van der Waals surface area contributed by atoms with Crippen molar-refractivity contribution in [2.45, 2.75) is 29.9 Å². The molecule has 108 valence electrons. The minimum Gasteiger partial charge on any atom is -0.393 e. The Kier molecular flexibility index (Phi) is 3.28. The number of hydrogen-bond donors (Lipinski definition) is 3. The van der Waals surface area contributed by atoms with E-state index in [1.807, 2.05) is 4.98 Å². The number of aromatic nitrogens is 2. The molecule has 20 heavy (non-hydrogen) atoms. The molecule has 1 aromatic rings. The maximum absolute atomic E-state index is 14.7. The summed E-state index contributed by atoms with van der Waals surface area (Å²) in [5, 5.41) is 18.7. The molecule has 1 heterocycles. The molecule has 1 aromatic heterocycles. The van der Waals surface area contributed by atoms with Gasteiger partial charge in [-0.3, -0.25) is 14.3 Å². The Bertz CT molecular complexity index is 679. The number of halogens is 2. The number of alkyl halides is 2. The van der Waals surface area contributed by atoms with Crippen LogP contribution in [0.2, 0.25) is 0 Å². The Hall–Kier alpha value is -1.98. The van der Waals surface area contributed by atoms with Crippen LogP contribution in [0.3, 0.4) is 0 Å². The van der Waals surface area contributed by atoms with E-state index in [-0.39, 0.29) is 0 Å². The van der Waals surface area contributed by atoms with E-state index in [1.165, 1.54) is 0 Å². The highest BCUT2D eigenvalue weighted by molar-refractivity contribution is 5.26. The van der Waals surface area contributed by atoms with Crippen molar-refractivity contribution in [2.24, 2.45) is 0 Å². The van der Waals surface area contributed by atoms with E-state index < -0.39 is 47.8 Å². The first-order valence-electron chi connectivity index (χ1n) is 5.74. The van der Waals surface area contributed by atoms with E-state index in [1.54, 1.807) is 5.92 Å². The molecule has 0 spiro atoms. The van der Waals surface area contributed by atoms with Gasteiger partial charge in [0.25, 0.3) is 5.56 Å². The number of H-pyrrole nitrogens is 1. The Balaban J connectivity index is 2.59. The number of terminal acetylenes is 1. The first-order valence-corrected chi connectivity index (χ1v) is 5.74. The van der Waals surface area contributed by atoms with Gasteiger partial charge in [0.15, 0.2) is 5.67 Å². The monoisotopic (exact) mass is 286 g/mol. The van der Waals surface area contributed by atoms with Crippen LogP contribution < -0.4 is 11.2 Å². The molecule has 1 fully saturated rings. The minimum atomic E-state index is -2.88. The minimum absolute atomic E-state index is 0.697. The molecule has 0 aromatic carbocycles. The summed E-state index contributed by atoms with van der Waals surface area (Å²) in [7, 11) is 0. The molecule has 6 nitrogen and oxygen atoms in total. The molecule has 0 unspecified atom stereocenters. The molecule has 0 aliphatic heterocycles. The lowest BCUT2D eigenvalue weighted by atomic mass is 9.96. The van der Waals surface area contributed by atoms with E-state index in [2.05, 4.69) is 0 Å². The average Bonchev–Trinajstić information content (AvgIpc) is 2.62. The number of hydrogen-bond acceptors (Lipinski definition) is 4. The summed E-state index contributed by atoms with van der Waals surface area (Å²) in [6, 6.07) is -0.592. The van der Waals surface area contributed by atoms with E-state index in [0.717, 1.165) is 12.3 Å². The number of rotatable bonds is 2. The summed E-state index contributed by atoms with van der Waals surface area (Å²) in [4.78, 5) is 24.5. The third kappa shape index (κ3) is 1.87. The van der Waals surface area contributed by atoms with E-state index in [4.69, 9.17) is 11.5 Å². The van der Waals surface area contributed by atoms with Crippen LogP contribution in [0.5, 0.6) is 0 Å².